The fourth-order valence-electron chi connectivity index (χ4n) is 2.87. The van der Waals surface area contributed by atoms with Gasteiger partial charge in [0, 0.05) is 18.8 Å². The van der Waals surface area contributed by atoms with Gasteiger partial charge < -0.3 is 10.2 Å². The molecule has 1 amide bonds. The normalized spacial score (nSPS) is 13.6. The van der Waals surface area contributed by atoms with Crippen molar-refractivity contribution in [2.24, 2.45) is 0 Å². The van der Waals surface area contributed by atoms with Crippen molar-refractivity contribution < 1.29 is 4.79 Å². The summed E-state index contributed by atoms with van der Waals surface area (Å²) in [7, 11) is 0. The summed E-state index contributed by atoms with van der Waals surface area (Å²) in [5.41, 5.74) is 3.24. The van der Waals surface area contributed by atoms with Crippen molar-refractivity contribution in [1.29, 1.82) is 5.26 Å². The van der Waals surface area contributed by atoms with E-state index in [9.17, 15) is 4.79 Å². The SMILES string of the molecule is N#Cc1ccccc1NC(=O)Cc1ccc(N2CCCC2)cc1. The lowest BCUT2D eigenvalue weighted by Gasteiger charge is -2.17. The molecule has 1 saturated heterocycles. The van der Waals surface area contributed by atoms with Crippen molar-refractivity contribution in [3.8, 4) is 6.07 Å². The van der Waals surface area contributed by atoms with Gasteiger partial charge in [-0.25, -0.2) is 0 Å². The molecule has 2 aromatic carbocycles. The van der Waals surface area contributed by atoms with Gasteiger partial charge in [-0.3, -0.25) is 4.79 Å². The Labute approximate surface area is 136 Å². The van der Waals surface area contributed by atoms with Crippen molar-refractivity contribution in [2.75, 3.05) is 23.3 Å². The highest BCUT2D eigenvalue weighted by atomic mass is 16.1. The molecule has 0 spiro atoms. The van der Waals surface area contributed by atoms with E-state index in [1.54, 1.807) is 24.3 Å². The zero-order chi connectivity index (χ0) is 16.1. The molecule has 4 nitrogen and oxygen atoms in total. The van der Waals surface area contributed by atoms with Crippen LogP contribution in [0.3, 0.4) is 0 Å². The van der Waals surface area contributed by atoms with Gasteiger partial charge in [-0.15, -0.1) is 0 Å². The van der Waals surface area contributed by atoms with Gasteiger partial charge in [-0.2, -0.15) is 5.26 Å². The molecule has 0 atom stereocenters. The molecule has 2 aromatic rings. The molecular formula is C19H19N3O. The van der Waals surface area contributed by atoms with Gasteiger partial charge in [0.05, 0.1) is 17.7 Å². The van der Waals surface area contributed by atoms with Crippen LogP contribution >= 0.6 is 0 Å². The van der Waals surface area contributed by atoms with Crippen LogP contribution in [0, 0.1) is 11.3 Å². The Hall–Kier alpha value is -2.80. The second-order valence-corrected chi connectivity index (χ2v) is 5.74. The lowest BCUT2D eigenvalue weighted by molar-refractivity contribution is -0.115. The lowest BCUT2D eigenvalue weighted by Crippen LogP contribution is -2.18. The van der Waals surface area contributed by atoms with Crippen LogP contribution < -0.4 is 10.2 Å². The molecule has 0 unspecified atom stereocenters. The predicted octanol–water partition coefficient (Wildman–Crippen LogP) is 3.34. The first-order chi connectivity index (χ1) is 11.3. The number of para-hydroxylation sites is 1. The Morgan fingerprint density at radius 2 is 1.78 bits per heavy atom. The average molecular weight is 305 g/mol. The molecule has 1 fully saturated rings. The van der Waals surface area contributed by atoms with E-state index in [-0.39, 0.29) is 5.91 Å². The van der Waals surface area contributed by atoms with Crippen LogP contribution in [0.25, 0.3) is 0 Å². The molecule has 116 valence electrons. The molecular weight excluding hydrogens is 286 g/mol. The number of carbonyl (C=O) groups is 1. The number of nitrogens with one attached hydrogen (secondary N) is 1. The standard InChI is InChI=1S/C19H19N3O/c20-14-16-5-1-2-6-18(16)21-19(23)13-15-7-9-17(10-8-15)22-11-3-4-12-22/h1-2,5-10H,3-4,11-13H2,(H,21,23). The third-order valence-corrected chi connectivity index (χ3v) is 4.09. The number of hydrogen-bond acceptors (Lipinski definition) is 3. The highest BCUT2D eigenvalue weighted by molar-refractivity contribution is 5.93. The summed E-state index contributed by atoms with van der Waals surface area (Å²) in [6.07, 6.45) is 2.81. The van der Waals surface area contributed by atoms with Crippen LogP contribution in [0.15, 0.2) is 48.5 Å². The Kier molecular flexibility index (Phi) is 4.58. The minimum Gasteiger partial charge on any atom is -0.372 e. The third kappa shape index (κ3) is 3.70. The molecule has 1 heterocycles. The van der Waals surface area contributed by atoms with E-state index >= 15 is 0 Å². The summed E-state index contributed by atoms with van der Waals surface area (Å²) in [5, 5.41) is 11.9. The molecule has 0 bridgehead atoms. The number of hydrogen-bond donors (Lipinski definition) is 1. The molecule has 0 aromatic heterocycles. The summed E-state index contributed by atoms with van der Waals surface area (Å²) < 4.78 is 0. The van der Waals surface area contributed by atoms with Gasteiger partial charge >= 0.3 is 0 Å². The van der Waals surface area contributed by atoms with Gasteiger partial charge in [0.2, 0.25) is 5.91 Å². The molecule has 3 rings (SSSR count). The minimum atomic E-state index is -0.110. The third-order valence-electron chi connectivity index (χ3n) is 4.09. The first-order valence-electron chi connectivity index (χ1n) is 7.89. The van der Waals surface area contributed by atoms with E-state index in [1.165, 1.54) is 18.5 Å². The second kappa shape index (κ2) is 6.97. The van der Waals surface area contributed by atoms with Crippen LogP contribution in [0.4, 0.5) is 11.4 Å². The number of anilines is 2. The molecule has 1 aliphatic rings. The fourth-order valence-corrected chi connectivity index (χ4v) is 2.87. The summed E-state index contributed by atoms with van der Waals surface area (Å²) in [6, 6.07) is 17.3. The van der Waals surface area contributed by atoms with Gasteiger partial charge in [-0.05, 0) is 42.7 Å². The number of nitrogens with zero attached hydrogens (tertiary/aromatic N) is 2. The quantitative estimate of drug-likeness (QED) is 0.942. The Morgan fingerprint density at radius 1 is 1.09 bits per heavy atom. The van der Waals surface area contributed by atoms with Crippen LogP contribution in [-0.4, -0.2) is 19.0 Å². The predicted molar refractivity (Wildman–Crippen MR) is 91.4 cm³/mol. The summed E-state index contributed by atoms with van der Waals surface area (Å²) in [4.78, 5) is 14.5. The zero-order valence-corrected chi connectivity index (χ0v) is 13.0. The first kappa shape index (κ1) is 15.1. The number of benzene rings is 2. The minimum absolute atomic E-state index is 0.110. The smallest absolute Gasteiger partial charge is 0.228 e. The highest BCUT2D eigenvalue weighted by Crippen LogP contribution is 2.21. The summed E-state index contributed by atoms with van der Waals surface area (Å²) >= 11 is 0. The number of amides is 1. The van der Waals surface area contributed by atoms with E-state index in [4.69, 9.17) is 5.26 Å². The van der Waals surface area contributed by atoms with Gasteiger partial charge in [0.15, 0.2) is 0 Å². The topological polar surface area (TPSA) is 56.1 Å². The number of nitriles is 1. The second-order valence-electron chi connectivity index (χ2n) is 5.74. The number of rotatable bonds is 4. The maximum absolute atomic E-state index is 12.2. The fraction of sp³-hybridized carbons (Fsp3) is 0.263. The molecule has 1 aliphatic heterocycles. The van der Waals surface area contributed by atoms with E-state index < -0.39 is 0 Å². The van der Waals surface area contributed by atoms with Gasteiger partial charge in [0.25, 0.3) is 0 Å². The van der Waals surface area contributed by atoms with Crippen molar-refractivity contribution in [1.82, 2.24) is 0 Å². The summed E-state index contributed by atoms with van der Waals surface area (Å²) in [5.74, 6) is -0.110. The molecule has 0 aliphatic carbocycles. The molecule has 4 heteroatoms. The van der Waals surface area contributed by atoms with Crippen LogP contribution in [0.5, 0.6) is 0 Å². The van der Waals surface area contributed by atoms with Gasteiger partial charge in [-0.1, -0.05) is 24.3 Å². The van der Waals surface area contributed by atoms with Crippen LogP contribution in [0.2, 0.25) is 0 Å². The van der Waals surface area contributed by atoms with Gasteiger partial charge in [0.1, 0.15) is 6.07 Å². The van der Waals surface area contributed by atoms with E-state index in [2.05, 4.69) is 28.4 Å². The number of carbonyl (C=O) groups excluding carboxylic acids is 1. The maximum atomic E-state index is 12.2. The van der Waals surface area contributed by atoms with Crippen LogP contribution in [-0.2, 0) is 11.2 Å². The monoisotopic (exact) mass is 305 g/mol. The molecule has 1 N–H and O–H groups in total. The molecule has 23 heavy (non-hydrogen) atoms. The summed E-state index contributed by atoms with van der Waals surface area (Å²) in [6.45, 7) is 2.23. The largest absolute Gasteiger partial charge is 0.372 e. The van der Waals surface area contributed by atoms with E-state index in [0.29, 0.717) is 17.7 Å². The first-order valence-corrected chi connectivity index (χ1v) is 7.89. The average Bonchev–Trinajstić information content (AvgIpc) is 3.10. The van der Waals surface area contributed by atoms with E-state index in [1.807, 2.05) is 12.1 Å². The lowest BCUT2D eigenvalue weighted by atomic mass is 10.1. The Morgan fingerprint density at radius 3 is 2.48 bits per heavy atom. The Bertz CT molecular complexity index is 725. The van der Waals surface area contributed by atoms with Crippen molar-refractivity contribution >= 4 is 17.3 Å². The molecule has 0 radical (unpaired) electrons. The zero-order valence-electron chi connectivity index (χ0n) is 13.0. The van der Waals surface area contributed by atoms with Crippen molar-refractivity contribution in [2.45, 2.75) is 19.3 Å². The molecule has 0 saturated carbocycles. The van der Waals surface area contributed by atoms with Crippen molar-refractivity contribution in [3.63, 3.8) is 0 Å². The van der Waals surface area contributed by atoms with Crippen molar-refractivity contribution in [3.05, 3.63) is 59.7 Å². The van der Waals surface area contributed by atoms with E-state index in [0.717, 1.165) is 18.7 Å². The highest BCUT2D eigenvalue weighted by Gasteiger charge is 2.12. The Balaban J connectivity index is 1.62. The maximum Gasteiger partial charge on any atom is 0.228 e. The van der Waals surface area contributed by atoms with Crippen LogP contribution in [0.1, 0.15) is 24.0 Å².